The molecule has 3 aromatic rings. The minimum atomic E-state index is -0.978. The first-order chi connectivity index (χ1) is 17.4. The number of ether oxygens (including phenoxy) is 2. The van der Waals surface area contributed by atoms with Gasteiger partial charge in [0, 0.05) is 22.8 Å². The number of hydrogen-bond acceptors (Lipinski definition) is 6. The van der Waals surface area contributed by atoms with Crippen molar-refractivity contribution in [3.63, 3.8) is 0 Å². The van der Waals surface area contributed by atoms with Crippen LogP contribution >= 0.6 is 11.6 Å². The van der Waals surface area contributed by atoms with Crippen LogP contribution in [0.2, 0.25) is 5.02 Å². The number of nitrogens with one attached hydrogen (secondary N) is 3. The molecule has 0 aliphatic heterocycles. The Hall–Kier alpha value is -4.37. The molecule has 0 heterocycles. The Morgan fingerprint density at radius 3 is 2.50 bits per heavy atom. The van der Waals surface area contributed by atoms with Gasteiger partial charge in [-0.3, -0.25) is 14.4 Å². The number of amides is 3. The van der Waals surface area contributed by atoms with E-state index >= 15 is 0 Å². The Labute approximate surface area is 213 Å². The van der Waals surface area contributed by atoms with E-state index < -0.39 is 11.8 Å². The number of carbonyl (C=O) groups excluding carboxylic acids is 3. The third-order valence-corrected chi connectivity index (χ3v) is 5.32. The van der Waals surface area contributed by atoms with Crippen molar-refractivity contribution in [1.29, 1.82) is 0 Å². The molecule has 0 aliphatic rings. The van der Waals surface area contributed by atoms with Crippen LogP contribution in [0, 0.1) is 6.92 Å². The standard InChI is InChI=1S/C26H25ClN4O5/c1-17-11-12-20(13-21(17)27)30-25(33)26(34)31-29-15-19-9-6-10-22(35-2)24(19)36-16-23(32)28-14-18-7-4-3-5-8-18/h3-13,15H,14,16H2,1-2H3,(H,28,32)(H,30,33)(H,31,34)/b29-15-. The molecule has 36 heavy (non-hydrogen) atoms. The fourth-order valence-electron chi connectivity index (χ4n) is 3.00. The van der Waals surface area contributed by atoms with Gasteiger partial charge in [0.2, 0.25) is 0 Å². The van der Waals surface area contributed by atoms with E-state index in [-0.39, 0.29) is 18.3 Å². The van der Waals surface area contributed by atoms with Crippen LogP contribution in [0.5, 0.6) is 11.5 Å². The second-order valence-electron chi connectivity index (χ2n) is 7.55. The number of anilines is 1. The fraction of sp³-hybridized carbons (Fsp3) is 0.154. The second kappa shape index (κ2) is 12.9. The molecule has 9 nitrogen and oxygen atoms in total. The van der Waals surface area contributed by atoms with Gasteiger partial charge in [-0.1, -0.05) is 54.1 Å². The number of para-hydroxylation sites is 1. The highest BCUT2D eigenvalue weighted by Crippen LogP contribution is 2.30. The quantitative estimate of drug-likeness (QED) is 0.232. The van der Waals surface area contributed by atoms with Crippen LogP contribution in [-0.4, -0.2) is 37.7 Å². The third-order valence-electron chi connectivity index (χ3n) is 4.92. The first-order valence-corrected chi connectivity index (χ1v) is 11.3. The summed E-state index contributed by atoms with van der Waals surface area (Å²) in [4.78, 5) is 36.5. The van der Waals surface area contributed by atoms with Gasteiger partial charge < -0.3 is 20.1 Å². The van der Waals surface area contributed by atoms with Crippen molar-refractivity contribution in [3.8, 4) is 11.5 Å². The van der Waals surface area contributed by atoms with Crippen molar-refractivity contribution in [1.82, 2.24) is 10.7 Å². The van der Waals surface area contributed by atoms with Crippen molar-refractivity contribution >= 4 is 41.2 Å². The van der Waals surface area contributed by atoms with E-state index in [0.29, 0.717) is 28.6 Å². The van der Waals surface area contributed by atoms with Crippen LogP contribution in [0.15, 0.2) is 71.8 Å². The average molecular weight is 509 g/mol. The highest BCUT2D eigenvalue weighted by Gasteiger charge is 2.15. The fourth-order valence-corrected chi connectivity index (χ4v) is 3.19. The number of aryl methyl sites for hydroxylation is 1. The predicted octanol–water partition coefficient (Wildman–Crippen LogP) is 3.44. The van der Waals surface area contributed by atoms with Crippen LogP contribution in [-0.2, 0) is 20.9 Å². The molecule has 186 valence electrons. The molecule has 3 rings (SSSR count). The van der Waals surface area contributed by atoms with Crippen LogP contribution < -0.4 is 25.5 Å². The zero-order valence-corrected chi connectivity index (χ0v) is 20.5. The van der Waals surface area contributed by atoms with Crippen molar-refractivity contribution in [2.24, 2.45) is 5.10 Å². The average Bonchev–Trinajstić information content (AvgIpc) is 2.89. The number of hydrazone groups is 1. The molecule has 0 aliphatic carbocycles. The number of hydrogen-bond donors (Lipinski definition) is 3. The molecule has 0 saturated heterocycles. The third kappa shape index (κ3) is 7.57. The summed E-state index contributed by atoms with van der Waals surface area (Å²) in [5, 5.41) is 9.51. The van der Waals surface area contributed by atoms with Gasteiger partial charge in [0.1, 0.15) is 0 Å². The summed E-state index contributed by atoms with van der Waals surface area (Å²) in [5.41, 5.74) is 4.76. The van der Waals surface area contributed by atoms with E-state index in [9.17, 15) is 14.4 Å². The molecule has 0 atom stereocenters. The summed E-state index contributed by atoms with van der Waals surface area (Å²) in [5.74, 6) is -1.59. The molecule has 0 aromatic heterocycles. The topological polar surface area (TPSA) is 118 Å². The van der Waals surface area contributed by atoms with Gasteiger partial charge in [0.05, 0.1) is 13.3 Å². The zero-order valence-electron chi connectivity index (χ0n) is 19.7. The number of benzene rings is 3. The van der Waals surface area contributed by atoms with Crippen molar-refractivity contribution < 1.29 is 23.9 Å². The van der Waals surface area contributed by atoms with Crippen LogP contribution in [0.3, 0.4) is 0 Å². The molecule has 0 spiro atoms. The Balaban J connectivity index is 1.58. The summed E-state index contributed by atoms with van der Waals surface area (Å²) >= 11 is 6.04. The zero-order chi connectivity index (χ0) is 25.9. The van der Waals surface area contributed by atoms with E-state index in [4.69, 9.17) is 21.1 Å². The largest absolute Gasteiger partial charge is 0.493 e. The van der Waals surface area contributed by atoms with Crippen molar-refractivity contribution in [3.05, 3.63) is 88.4 Å². The van der Waals surface area contributed by atoms with Crippen LogP contribution in [0.1, 0.15) is 16.7 Å². The maximum atomic E-state index is 12.2. The molecule has 0 saturated carbocycles. The van der Waals surface area contributed by atoms with Crippen molar-refractivity contribution in [2.45, 2.75) is 13.5 Å². The van der Waals surface area contributed by atoms with Gasteiger partial charge in [0.15, 0.2) is 18.1 Å². The molecular formula is C26H25ClN4O5. The van der Waals surface area contributed by atoms with Crippen molar-refractivity contribution in [2.75, 3.05) is 19.0 Å². The smallest absolute Gasteiger partial charge is 0.329 e. The SMILES string of the molecule is COc1cccc(/C=N\NC(=O)C(=O)Nc2ccc(C)c(Cl)c2)c1OCC(=O)NCc1ccccc1. The maximum Gasteiger partial charge on any atom is 0.329 e. The first kappa shape index (κ1) is 26.2. The van der Waals surface area contributed by atoms with Gasteiger partial charge in [-0.05, 0) is 42.3 Å². The Morgan fingerprint density at radius 2 is 1.78 bits per heavy atom. The monoisotopic (exact) mass is 508 g/mol. The van der Waals surface area contributed by atoms with E-state index in [2.05, 4.69) is 21.2 Å². The molecule has 0 unspecified atom stereocenters. The lowest BCUT2D eigenvalue weighted by atomic mass is 10.2. The molecule has 3 amide bonds. The lowest BCUT2D eigenvalue weighted by molar-refractivity contribution is -0.136. The van der Waals surface area contributed by atoms with Crippen LogP contribution in [0.25, 0.3) is 0 Å². The Bertz CT molecular complexity index is 1260. The molecule has 3 aromatic carbocycles. The summed E-state index contributed by atoms with van der Waals surface area (Å²) in [6.07, 6.45) is 1.29. The molecule has 10 heteroatoms. The Morgan fingerprint density at radius 1 is 1.00 bits per heavy atom. The van der Waals surface area contributed by atoms with E-state index in [1.807, 2.05) is 37.3 Å². The van der Waals surface area contributed by atoms with Gasteiger partial charge in [-0.25, -0.2) is 5.43 Å². The molecule has 0 bridgehead atoms. The number of nitrogens with zero attached hydrogens (tertiary/aromatic N) is 1. The lowest BCUT2D eigenvalue weighted by Gasteiger charge is -2.13. The molecule has 3 N–H and O–H groups in total. The van der Waals surface area contributed by atoms with E-state index in [1.165, 1.54) is 13.3 Å². The minimum Gasteiger partial charge on any atom is -0.493 e. The summed E-state index contributed by atoms with van der Waals surface area (Å²) in [6, 6.07) is 19.4. The second-order valence-corrected chi connectivity index (χ2v) is 7.95. The van der Waals surface area contributed by atoms with Gasteiger partial charge in [0.25, 0.3) is 5.91 Å². The highest BCUT2D eigenvalue weighted by atomic mass is 35.5. The number of methoxy groups -OCH3 is 1. The first-order valence-electron chi connectivity index (χ1n) is 10.9. The van der Waals surface area contributed by atoms with E-state index in [0.717, 1.165) is 11.1 Å². The summed E-state index contributed by atoms with van der Waals surface area (Å²) in [7, 11) is 1.46. The predicted molar refractivity (Wildman–Crippen MR) is 137 cm³/mol. The number of rotatable bonds is 9. The summed E-state index contributed by atoms with van der Waals surface area (Å²) < 4.78 is 11.0. The molecule has 0 fully saturated rings. The highest BCUT2D eigenvalue weighted by molar-refractivity contribution is 6.39. The number of carbonyl (C=O) groups is 3. The molecular weight excluding hydrogens is 484 g/mol. The minimum absolute atomic E-state index is 0.256. The maximum absolute atomic E-state index is 12.2. The summed E-state index contributed by atoms with van der Waals surface area (Å²) in [6.45, 7) is 1.93. The number of halogens is 1. The van der Waals surface area contributed by atoms with Crippen LogP contribution in [0.4, 0.5) is 5.69 Å². The van der Waals surface area contributed by atoms with E-state index in [1.54, 1.807) is 36.4 Å². The lowest BCUT2D eigenvalue weighted by Crippen LogP contribution is -2.32. The molecule has 0 radical (unpaired) electrons. The van der Waals surface area contributed by atoms with Gasteiger partial charge in [-0.15, -0.1) is 0 Å². The van der Waals surface area contributed by atoms with Gasteiger partial charge >= 0.3 is 11.8 Å². The Kier molecular flexibility index (Phi) is 9.41. The van der Waals surface area contributed by atoms with Gasteiger partial charge in [-0.2, -0.15) is 5.10 Å². The normalized spacial score (nSPS) is 10.5.